The van der Waals surface area contributed by atoms with E-state index in [9.17, 15) is 5.21 Å². The molecule has 2 aliphatic heterocycles. The van der Waals surface area contributed by atoms with E-state index < -0.39 is 5.39 Å². The van der Waals surface area contributed by atoms with Crippen molar-refractivity contribution in [3.63, 3.8) is 0 Å². The third-order valence-electron chi connectivity index (χ3n) is 2.01. The summed E-state index contributed by atoms with van der Waals surface area (Å²) < 4.78 is 10.5. The fourth-order valence-electron chi connectivity index (χ4n) is 1.40. The van der Waals surface area contributed by atoms with Gasteiger partial charge in [0.05, 0.1) is 13.7 Å². The van der Waals surface area contributed by atoms with E-state index in [4.69, 9.17) is 14.3 Å². The summed E-state index contributed by atoms with van der Waals surface area (Å²) in [5.74, 6) is 0.758. The molecule has 13 heavy (non-hydrogen) atoms. The van der Waals surface area contributed by atoms with Crippen molar-refractivity contribution in [1.82, 2.24) is 0 Å². The molecule has 1 N–H and O–H groups in total. The lowest BCUT2D eigenvalue weighted by Gasteiger charge is -2.20. The van der Waals surface area contributed by atoms with Crippen molar-refractivity contribution in [1.29, 1.82) is 0 Å². The van der Waals surface area contributed by atoms with Crippen LogP contribution in [0.5, 0.6) is 0 Å². The molecule has 1 fully saturated rings. The summed E-state index contributed by atoms with van der Waals surface area (Å²) in [4.78, 5) is 9.29. The van der Waals surface area contributed by atoms with Crippen molar-refractivity contribution >= 4 is 0 Å². The van der Waals surface area contributed by atoms with Crippen LogP contribution in [0.25, 0.3) is 0 Å². The summed E-state index contributed by atoms with van der Waals surface area (Å²) in [7, 11) is 1.27. The van der Waals surface area contributed by atoms with Crippen LogP contribution in [0.4, 0.5) is 0 Å². The molecule has 0 saturated carbocycles. The number of rotatable bonds is 3. The molecule has 0 aliphatic carbocycles. The molecule has 0 amide bonds. The molecule has 0 aromatic rings. The predicted octanol–water partition coefficient (Wildman–Crippen LogP) is -1.46. The van der Waals surface area contributed by atoms with Crippen molar-refractivity contribution in [2.75, 3.05) is 20.3 Å². The molecule has 2 rings (SSSR count). The third-order valence-corrected chi connectivity index (χ3v) is 2.01. The van der Waals surface area contributed by atoms with Crippen LogP contribution in [0.3, 0.4) is 0 Å². The van der Waals surface area contributed by atoms with Crippen LogP contribution in [0.15, 0.2) is 11.8 Å². The van der Waals surface area contributed by atoms with E-state index >= 15 is 0 Å². The summed E-state index contributed by atoms with van der Waals surface area (Å²) >= 11 is 0. The molecule has 1 saturated heterocycles. The lowest BCUT2D eigenvalue weighted by molar-refractivity contribution is -1.21. The highest BCUT2D eigenvalue weighted by Crippen LogP contribution is 2.26. The third kappa shape index (κ3) is 1.67. The van der Waals surface area contributed by atoms with Gasteiger partial charge in [-0.25, -0.2) is 0 Å². The second kappa shape index (κ2) is 3.60. The molecule has 0 aromatic heterocycles. The Morgan fingerprint density at radius 3 is 3.31 bits per heavy atom. The molecule has 6 nitrogen and oxygen atoms in total. The number of hydrogen-bond donors (Lipinski definition) is 1. The predicted molar refractivity (Wildman–Crippen MR) is 40.0 cm³/mol. The second-order valence-corrected chi connectivity index (χ2v) is 2.78. The van der Waals surface area contributed by atoms with Crippen molar-refractivity contribution < 1.29 is 24.5 Å². The SMILES string of the molecule is CO[NH+]([O-])OC1COC2=CCOC21. The first-order chi connectivity index (χ1) is 6.31. The lowest BCUT2D eigenvalue weighted by Crippen LogP contribution is -3.05. The average molecular weight is 189 g/mol. The molecule has 0 radical (unpaired) electrons. The number of fused-ring (bicyclic) bond motifs is 1. The molecule has 2 aliphatic rings. The molecule has 74 valence electrons. The van der Waals surface area contributed by atoms with Crippen molar-refractivity contribution in [2.45, 2.75) is 12.2 Å². The summed E-state index contributed by atoms with van der Waals surface area (Å²) in [5.41, 5.74) is 0. The molecule has 0 aromatic carbocycles. The number of hydrogen-bond acceptors (Lipinski definition) is 5. The van der Waals surface area contributed by atoms with Gasteiger partial charge in [-0.15, -0.1) is 0 Å². The number of ether oxygens (including phenoxy) is 2. The van der Waals surface area contributed by atoms with Gasteiger partial charge in [0, 0.05) is 0 Å². The first-order valence-corrected chi connectivity index (χ1v) is 4.00. The maximum atomic E-state index is 10.8. The maximum absolute atomic E-state index is 10.8. The zero-order chi connectivity index (χ0) is 9.26. The van der Waals surface area contributed by atoms with Crippen LogP contribution < -0.4 is 5.39 Å². The fourth-order valence-corrected chi connectivity index (χ4v) is 1.40. The molecule has 2 heterocycles. The standard InChI is InChI=1S/C7H11NO5/c1-10-8(9)13-6-4-12-5-2-3-11-7(5)6/h2,6-8H,3-4H2,1H3. The van der Waals surface area contributed by atoms with E-state index in [1.54, 1.807) is 0 Å². The molecule has 0 bridgehead atoms. The number of nitrogens with one attached hydrogen (secondary N) is 1. The van der Waals surface area contributed by atoms with Gasteiger partial charge >= 0.3 is 0 Å². The van der Waals surface area contributed by atoms with Crippen LogP contribution in [0.2, 0.25) is 0 Å². The fraction of sp³-hybridized carbons (Fsp3) is 0.714. The Kier molecular flexibility index (Phi) is 2.47. The largest absolute Gasteiger partial charge is 0.566 e. The van der Waals surface area contributed by atoms with Crippen LogP contribution >= 0.6 is 0 Å². The normalized spacial score (nSPS) is 33.8. The summed E-state index contributed by atoms with van der Waals surface area (Å²) in [5, 5.41) is 10.1. The van der Waals surface area contributed by atoms with Crippen LogP contribution in [-0.4, -0.2) is 32.5 Å². The smallest absolute Gasteiger partial charge is 0.188 e. The van der Waals surface area contributed by atoms with E-state index in [1.807, 2.05) is 6.08 Å². The molecule has 3 unspecified atom stereocenters. The van der Waals surface area contributed by atoms with E-state index in [-0.39, 0.29) is 12.2 Å². The zero-order valence-electron chi connectivity index (χ0n) is 7.19. The van der Waals surface area contributed by atoms with E-state index in [1.165, 1.54) is 7.11 Å². The molecular formula is C7H11NO5. The highest BCUT2D eigenvalue weighted by molar-refractivity contribution is 5.12. The van der Waals surface area contributed by atoms with Crippen molar-refractivity contribution in [3.05, 3.63) is 17.0 Å². The topological polar surface area (TPSA) is 64.4 Å². The van der Waals surface area contributed by atoms with Crippen LogP contribution in [0, 0.1) is 5.21 Å². The highest BCUT2D eigenvalue weighted by Gasteiger charge is 2.40. The van der Waals surface area contributed by atoms with Gasteiger partial charge in [-0.3, -0.25) is 0 Å². The Morgan fingerprint density at radius 1 is 1.69 bits per heavy atom. The van der Waals surface area contributed by atoms with Gasteiger partial charge in [0.1, 0.15) is 12.4 Å². The first-order valence-electron chi connectivity index (χ1n) is 4.00. The Labute approximate surface area is 75.1 Å². The van der Waals surface area contributed by atoms with E-state index in [0.717, 1.165) is 5.76 Å². The Morgan fingerprint density at radius 2 is 2.54 bits per heavy atom. The quantitative estimate of drug-likeness (QED) is 0.550. The van der Waals surface area contributed by atoms with Gasteiger partial charge < -0.3 is 14.7 Å². The molecule has 0 spiro atoms. The van der Waals surface area contributed by atoms with Crippen molar-refractivity contribution in [2.24, 2.45) is 0 Å². The minimum Gasteiger partial charge on any atom is -0.566 e. The number of quaternary nitrogens is 1. The van der Waals surface area contributed by atoms with Gasteiger partial charge in [0.2, 0.25) is 0 Å². The molecule has 3 atom stereocenters. The average Bonchev–Trinajstić information content (AvgIpc) is 2.69. The second-order valence-electron chi connectivity index (χ2n) is 2.78. The Hall–Kier alpha value is -0.660. The van der Waals surface area contributed by atoms with Gasteiger partial charge in [-0.1, -0.05) is 5.39 Å². The minimum absolute atomic E-state index is 0.237. The summed E-state index contributed by atoms with van der Waals surface area (Å²) in [6, 6.07) is 0. The van der Waals surface area contributed by atoms with E-state index in [0.29, 0.717) is 13.2 Å². The van der Waals surface area contributed by atoms with E-state index in [2.05, 4.69) is 4.84 Å². The Balaban J connectivity index is 1.91. The highest BCUT2D eigenvalue weighted by atomic mass is 17.1. The van der Waals surface area contributed by atoms with Gasteiger partial charge in [0.25, 0.3) is 0 Å². The first kappa shape index (κ1) is 8.92. The van der Waals surface area contributed by atoms with Gasteiger partial charge in [-0.2, -0.15) is 9.68 Å². The van der Waals surface area contributed by atoms with Gasteiger partial charge in [0.15, 0.2) is 12.2 Å². The Bertz CT molecular complexity index is 219. The molecule has 6 heteroatoms. The summed E-state index contributed by atoms with van der Waals surface area (Å²) in [6.45, 7) is 0.854. The van der Waals surface area contributed by atoms with Crippen LogP contribution in [0.1, 0.15) is 0 Å². The minimum atomic E-state index is -0.703. The molecular weight excluding hydrogens is 178 g/mol. The maximum Gasteiger partial charge on any atom is 0.188 e. The summed E-state index contributed by atoms with van der Waals surface area (Å²) in [6.07, 6.45) is 1.23. The lowest BCUT2D eigenvalue weighted by atomic mass is 10.2. The van der Waals surface area contributed by atoms with Crippen molar-refractivity contribution in [3.8, 4) is 0 Å². The monoisotopic (exact) mass is 189 g/mol. The zero-order valence-corrected chi connectivity index (χ0v) is 7.19. The van der Waals surface area contributed by atoms with Gasteiger partial charge in [-0.05, 0) is 6.08 Å². The van der Waals surface area contributed by atoms with Crippen LogP contribution in [-0.2, 0) is 19.1 Å².